The summed E-state index contributed by atoms with van der Waals surface area (Å²) in [5, 5.41) is 0. The van der Waals surface area contributed by atoms with Gasteiger partial charge >= 0.3 is 0 Å². The van der Waals surface area contributed by atoms with E-state index in [1.165, 1.54) is 6.42 Å². The van der Waals surface area contributed by atoms with Crippen LogP contribution in [0.2, 0.25) is 0 Å². The molecule has 2 heteroatoms. The first kappa shape index (κ1) is 8.75. The fourth-order valence-electron chi connectivity index (χ4n) is 1.20. The van der Waals surface area contributed by atoms with Crippen LogP contribution in [0.25, 0.3) is 0 Å². The Kier molecular flexibility index (Phi) is 3.60. The highest BCUT2D eigenvalue weighted by Crippen LogP contribution is 2.23. The molecular formula is C9H16O2. The predicted molar refractivity (Wildman–Crippen MR) is 44.5 cm³/mol. The lowest BCUT2D eigenvalue weighted by Crippen LogP contribution is -2.42. The van der Waals surface area contributed by atoms with Crippen molar-refractivity contribution in [3.8, 4) is 0 Å². The molecule has 1 fully saturated rings. The minimum atomic E-state index is 0.347. The fourth-order valence-corrected chi connectivity index (χ4v) is 1.20. The molecule has 0 saturated carbocycles. The van der Waals surface area contributed by atoms with Crippen molar-refractivity contribution >= 4 is 0 Å². The van der Waals surface area contributed by atoms with E-state index in [1.807, 2.05) is 0 Å². The van der Waals surface area contributed by atoms with Crippen molar-refractivity contribution in [2.45, 2.75) is 19.4 Å². The van der Waals surface area contributed by atoms with Crippen molar-refractivity contribution in [1.29, 1.82) is 0 Å². The molecule has 0 aromatic carbocycles. The molecule has 0 aromatic heterocycles. The molecule has 2 nitrogen and oxygen atoms in total. The Morgan fingerprint density at radius 1 is 1.73 bits per heavy atom. The van der Waals surface area contributed by atoms with Crippen LogP contribution in [0.1, 0.15) is 13.3 Å². The second-order valence-electron chi connectivity index (χ2n) is 2.87. The van der Waals surface area contributed by atoms with E-state index in [1.54, 1.807) is 6.08 Å². The van der Waals surface area contributed by atoms with Crippen LogP contribution in [0.15, 0.2) is 12.7 Å². The van der Waals surface area contributed by atoms with Crippen LogP contribution in [0.3, 0.4) is 0 Å². The first-order valence-corrected chi connectivity index (χ1v) is 4.18. The topological polar surface area (TPSA) is 18.5 Å². The number of rotatable bonds is 5. The Balaban J connectivity index is 2.02. The summed E-state index contributed by atoms with van der Waals surface area (Å²) in [6, 6.07) is 0. The molecule has 1 heterocycles. The summed E-state index contributed by atoms with van der Waals surface area (Å²) in [6.07, 6.45) is 3.31. The first-order chi connectivity index (χ1) is 5.38. The SMILES string of the molecule is C=CCOCC1OCC1CC. The van der Waals surface area contributed by atoms with Gasteiger partial charge in [-0.1, -0.05) is 13.0 Å². The fraction of sp³-hybridized carbons (Fsp3) is 0.778. The maximum Gasteiger partial charge on any atom is 0.0858 e. The van der Waals surface area contributed by atoms with Gasteiger partial charge < -0.3 is 9.47 Å². The van der Waals surface area contributed by atoms with Crippen molar-refractivity contribution in [3.63, 3.8) is 0 Å². The highest BCUT2D eigenvalue weighted by Gasteiger charge is 2.30. The Morgan fingerprint density at radius 2 is 2.55 bits per heavy atom. The van der Waals surface area contributed by atoms with Crippen molar-refractivity contribution in [3.05, 3.63) is 12.7 Å². The molecule has 1 aliphatic rings. The van der Waals surface area contributed by atoms with Gasteiger partial charge in [0.15, 0.2) is 0 Å². The van der Waals surface area contributed by atoms with Crippen LogP contribution in [-0.2, 0) is 9.47 Å². The van der Waals surface area contributed by atoms with E-state index in [4.69, 9.17) is 9.47 Å². The zero-order valence-electron chi connectivity index (χ0n) is 7.08. The summed E-state index contributed by atoms with van der Waals surface area (Å²) in [6.45, 7) is 8.04. The lowest BCUT2D eigenvalue weighted by Gasteiger charge is -2.35. The maximum atomic E-state index is 5.32. The number of hydrogen-bond donors (Lipinski definition) is 0. The van der Waals surface area contributed by atoms with Gasteiger partial charge in [-0.3, -0.25) is 0 Å². The third-order valence-corrected chi connectivity index (χ3v) is 2.09. The minimum absolute atomic E-state index is 0.347. The lowest BCUT2D eigenvalue weighted by molar-refractivity contribution is -0.144. The average Bonchev–Trinajstić information content (AvgIpc) is 1.97. The Hall–Kier alpha value is -0.340. The standard InChI is InChI=1S/C9H16O2/c1-3-5-10-7-9-8(4-2)6-11-9/h3,8-9H,1,4-7H2,2H3. The maximum absolute atomic E-state index is 5.32. The third-order valence-electron chi connectivity index (χ3n) is 2.09. The van der Waals surface area contributed by atoms with Crippen molar-refractivity contribution in [1.82, 2.24) is 0 Å². The molecular weight excluding hydrogens is 140 g/mol. The van der Waals surface area contributed by atoms with E-state index < -0.39 is 0 Å². The van der Waals surface area contributed by atoms with Crippen LogP contribution >= 0.6 is 0 Å². The highest BCUT2D eigenvalue weighted by molar-refractivity contribution is 4.77. The quantitative estimate of drug-likeness (QED) is 0.445. The van der Waals surface area contributed by atoms with Crippen LogP contribution < -0.4 is 0 Å². The van der Waals surface area contributed by atoms with E-state index in [-0.39, 0.29) is 0 Å². The average molecular weight is 156 g/mol. The van der Waals surface area contributed by atoms with Gasteiger partial charge in [0.05, 0.1) is 25.9 Å². The molecule has 2 unspecified atom stereocenters. The van der Waals surface area contributed by atoms with E-state index >= 15 is 0 Å². The van der Waals surface area contributed by atoms with Gasteiger partial charge in [0.25, 0.3) is 0 Å². The molecule has 0 bridgehead atoms. The lowest BCUT2D eigenvalue weighted by atomic mass is 9.96. The van der Waals surface area contributed by atoms with Gasteiger partial charge in [0.2, 0.25) is 0 Å². The zero-order valence-corrected chi connectivity index (χ0v) is 7.08. The van der Waals surface area contributed by atoms with Gasteiger partial charge in [-0.05, 0) is 6.42 Å². The summed E-state index contributed by atoms with van der Waals surface area (Å²) in [7, 11) is 0. The number of ether oxygens (including phenoxy) is 2. The van der Waals surface area contributed by atoms with Crippen LogP contribution in [0.4, 0.5) is 0 Å². The summed E-state index contributed by atoms with van der Waals surface area (Å²) >= 11 is 0. The van der Waals surface area contributed by atoms with Gasteiger partial charge in [0.1, 0.15) is 0 Å². The highest BCUT2D eigenvalue weighted by atomic mass is 16.5. The first-order valence-electron chi connectivity index (χ1n) is 4.18. The molecule has 1 aliphatic heterocycles. The Morgan fingerprint density at radius 3 is 3.00 bits per heavy atom. The van der Waals surface area contributed by atoms with Gasteiger partial charge in [0, 0.05) is 5.92 Å². The summed E-state index contributed by atoms with van der Waals surface area (Å²) in [5.74, 6) is 0.722. The second kappa shape index (κ2) is 4.52. The second-order valence-corrected chi connectivity index (χ2v) is 2.87. The normalized spacial score (nSPS) is 29.5. The molecule has 0 spiro atoms. The Labute approximate surface area is 68.2 Å². The van der Waals surface area contributed by atoms with Gasteiger partial charge in [-0.25, -0.2) is 0 Å². The Bertz CT molecular complexity index is 121. The smallest absolute Gasteiger partial charge is 0.0858 e. The molecule has 0 aromatic rings. The zero-order chi connectivity index (χ0) is 8.10. The van der Waals surface area contributed by atoms with Crippen molar-refractivity contribution in [2.24, 2.45) is 5.92 Å². The van der Waals surface area contributed by atoms with Crippen LogP contribution in [-0.4, -0.2) is 25.9 Å². The molecule has 0 N–H and O–H groups in total. The van der Waals surface area contributed by atoms with Crippen molar-refractivity contribution < 1.29 is 9.47 Å². The molecule has 64 valence electrons. The van der Waals surface area contributed by atoms with Crippen molar-refractivity contribution in [2.75, 3.05) is 19.8 Å². The van der Waals surface area contributed by atoms with E-state index in [9.17, 15) is 0 Å². The molecule has 11 heavy (non-hydrogen) atoms. The molecule has 1 saturated heterocycles. The molecule has 0 aliphatic carbocycles. The molecule has 0 radical (unpaired) electrons. The minimum Gasteiger partial charge on any atom is -0.375 e. The monoisotopic (exact) mass is 156 g/mol. The molecule has 2 atom stereocenters. The molecule has 1 rings (SSSR count). The summed E-state index contributed by atoms with van der Waals surface area (Å²) < 4.78 is 10.6. The van der Waals surface area contributed by atoms with Gasteiger partial charge in [-0.2, -0.15) is 0 Å². The van der Waals surface area contributed by atoms with E-state index in [0.29, 0.717) is 12.7 Å². The molecule has 0 amide bonds. The number of hydrogen-bond acceptors (Lipinski definition) is 2. The van der Waals surface area contributed by atoms with E-state index in [2.05, 4.69) is 13.5 Å². The predicted octanol–water partition coefficient (Wildman–Crippen LogP) is 1.61. The van der Waals surface area contributed by atoms with Gasteiger partial charge in [-0.15, -0.1) is 6.58 Å². The van der Waals surface area contributed by atoms with Crippen LogP contribution in [0, 0.1) is 5.92 Å². The van der Waals surface area contributed by atoms with Crippen LogP contribution in [0.5, 0.6) is 0 Å². The summed E-state index contributed by atoms with van der Waals surface area (Å²) in [4.78, 5) is 0. The summed E-state index contributed by atoms with van der Waals surface area (Å²) in [5.41, 5.74) is 0. The largest absolute Gasteiger partial charge is 0.375 e. The third kappa shape index (κ3) is 2.31. The van der Waals surface area contributed by atoms with E-state index in [0.717, 1.165) is 19.1 Å².